The zero-order chi connectivity index (χ0) is 12.7. The standard InChI is InChI=1S/C12H22F3NO/c1-2-16-10-4-6-11(7-5-10)17-9-3-8-12(13,14)15/h10-11,16H,2-9H2,1H3. The summed E-state index contributed by atoms with van der Waals surface area (Å²) in [5.74, 6) is 0. The molecule has 0 aromatic carbocycles. The molecule has 0 saturated heterocycles. The van der Waals surface area contributed by atoms with Gasteiger partial charge in [0.2, 0.25) is 0 Å². The molecule has 17 heavy (non-hydrogen) atoms. The van der Waals surface area contributed by atoms with Crippen molar-refractivity contribution < 1.29 is 17.9 Å². The maximum atomic E-state index is 11.9. The smallest absolute Gasteiger partial charge is 0.378 e. The van der Waals surface area contributed by atoms with Crippen molar-refractivity contribution in [2.45, 2.75) is 63.8 Å². The van der Waals surface area contributed by atoms with Gasteiger partial charge in [-0.15, -0.1) is 0 Å². The molecule has 0 atom stereocenters. The Morgan fingerprint density at radius 1 is 1.18 bits per heavy atom. The van der Waals surface area contributed by atoms with E-state index >= 15 is 0 Å². The van der Waals surface area contributed by atoms with Crippen molar-refractivity contribution in [3.8, 4) is 0 Å². The normalized spacial score (nSPS) is 26.1. The monoisotopic (exact) mass is 253 g/mol. The number of ether oxygens (including phenoxy) is 1. The summed E-state index contributed by atoms with van der Waals surface area (Å²) >= 11 is 0. The van der Waals surface area contributed by atoms with E-state index in [4.69, 9.17) is 4.74 Å². The Balaban J connectivity index is 2.02. The van der Waals surface area contributed by atoms with E-state index in [2.05, 4.69) is 12.2 Å². The molecular formula is C12H22F3NO. The maximum Gasteiger partial charge on any atom is 0.389 e. The van der Waals surface area contributed by atoms with Crippen LogP contribution in [0.4, 0.5) is 13.2 Å². The predicted molar refractivity (Wildman–Crippen MR) is 61.0 cm³/mol. The number of alkyl halides is 3. The highest BCUT2D eigenvalue weighted by Gasteiger charge is 2.26. The molecule has 0 bridgehead atoms. The van der Waals surface area contributed by atoms with Gasteiger partial charge in [-0.05, 0) is 38.6 Å². The predicted octanol–water partition coefficient (Wildman–Crippen LogP) is 3.27. The molecule has 0 amide bonds. The minimum absolute atomic E-state index is 0.0800. The third-order valence-corrected chi connectivity index (χ3v) is 3.13. The first-order valence-corrected chi connectivity index (χ1v) is 6.43. The topological polar surface area (TPSA) is 21.3 Å². The van der Waals surface area contributed by atoms with Gasteiger partial charge in [-0.1, -0.05) is 6.92 Å². The SMILES string of the molecule is CCNC1CCC(OCCCC(F)(F)F)CC1. The average Bonchev–Trinajstić information content (AvgIpc) is 2.26. The van der Waals surface area contributed by atoms with Gasteiger partial charge < -0.3 is 10.1 Å². The molecule has 0 aliphatic heterocycles. The lowest BCUT2D eigenvalue weighted by Gasteiger charge is -2.29. The van der Waals surface area contributed by atoms with E-state index in [1.165, 1.54) is 0 Å². The minimum Gasteiger partial charge on any atom is -0.378 e. The Morgan fingerprint density at radius 3 is 2.35 bits per heavy atom. The fourth-order valence-electron chi connectivity index (χ4n) is 2.24. The maximum absolute atomic E-state index is 11.9. The molecule has 0 aromatic heterocycles. The first kappa shape index (κ1) is 14.8. The van der Waals surface area contributed by atoms with E-state index in [0.29, 0.717) is 6.04 Å². The Bertz CT molecular complexity index is 200. The third-order valence-electron chi connectivity index (χ3n) is 3.13. The number of hydrogen-bond donors (Lipinski definition) is 1. The first-order valence-electron chi connectivity index (χ1n) is 6.43. The number of hydrogen-bond acceptors (Lipinski definition) is 2. The van der Waals surface area contributed by atoms with Gasteiger partial charge in [0.15, 0.2) is 0 Å². The van der Waals surface area contributed by atoms with Crippen LogP contribution in [0.15, 0.2) is 0 Å². The molecule has 0 spiro atoms. The second kappa shape index (κ2) is 7.21. The summed E-state index contributed by atoms with van der Waals surface area (Å²) in [6.45, 7) is 3.29. The van der Waals surface area contributed by atoms with Crippen molar-refractivity contribution in [2.75, 3.05) is 13.2 Å². The summed E-state index contributed by atoms with van der Waals surface area (Å²) in [6, 6.07) is 0.565. The van der Waals surface area contributed by atoms with Crippen LogP contribution < -0.4 is 5.32 Å². The van der Waals surface area contributed by atoms with Crippen LogP contribution in [0.1, 0.15) is 45.4 Å². The largest absolute Gasteiger partial charge is 0.389 e. The minimum atomic E-state index is -4.05. The van der Waals surface area contributed by atoms with Gasteiger partial charge >= 0.3 is 6.18 Å². The molecule has 1 fully saturated rings. The van der Waals surface area contributed by atoms with Crippen LogP contribution in [0.3, 0.4) is 0 Å². The second-order valence-electron chi connectivity index (χ2n) is 4.62. The van der Waals surface area contributed by atoms with Crippen molar-refractivity contribution in [2.24, 2.45) is 0 Å². The summed E-state index contributed by atoms with van der Waals surface area (Å²) in [4.78, 5) is 0. The molecule has 1 N–H and O–H groups in total. The summed E-state index contributed by atoms with van der Waals surface area (Å²) in [5, 5.41) is 3.39. The fraction of sp³-hybridized carbons (Fsp3) is 1.00. The summed E-state index contributed by atoms with van der Waals surface area (Å²) in [7, 11) is 0. The molecule has 5 heteroatoms. The Hall–Kier alpha value is -0.290. The van der Waals surface area contributed by atoms with Gasteiger partial charge in [-0.25, -0.2) is 0 Å². The van der Waals surface area contributed by atoms with Crippen LogP contribution in [0, 0.1) is 0 Å². The zero-order valence-electron chi connectivity index (χ0n) is 10.4. The van der Waals surface area contributed by atoms with Crippen LogP contribution in [-0.2, 0) is 4.74 Å². The van der Waals surface area contributed by atoms with Gasteiger partial charge in [0.1, 0.15) is 0 Å². The van der Waals surface area contributed by atoms with Crippen LogP contribution >= 0.6 is 0 Å². The first-order chi connectivity index (χ1) is 8.01. The fourth-order valence-corrected chi connectivity index (χ4v) is 2.24. The summed E-state index contributed by atoms with van der Waals surface area (Å²) in [6.07, 6.45) is -0.483. The van der Waals surface area contributed by atoms with Gasteiger partial charge in [0.25, 0.3) is 0 Å². The quantitative estimate of drug-likeness (QED) is 0.734. The molecule has 0 unspecified atom stereocenters. The Kier molecular flexibility index (Phi) is 6.27. The lowest BCUT2D eigenvalue weighted by Crippen LogP contribution is -2.35. The average molecular weight is 253 g/mol. The van der Waals surface area contributed by atoms with Gasteiger partial charge in [0, 0.05) is 19.1 Å². The summed E-state index contributed by atoms with van der Waals surface area (Å²) in [5.41, 5.74) is 0. The lowest BCUT2D eigenvalue weighted by atomic mass is 9.93. The molecular weight excluding hydrogens is 231 g/mol. The van der Waals surface area contributed by atoms with Crippen molar-refractivity contribution in [1.82, 2.24) is 5.32 Å². The van der Waals surface area contributed by atoms with Gasteiger partial charge in [-0.2, -0.15) is 13.2 Å². The molecule has 1 rings (SSSR count). The van der Waals surface area contributed by atoms with E-state index in [9.17, 15) is 13.2 Å². The van der Waals surface area contributed by atoms with Crippen LogP contribution in [0.5, 0.6) is 0 Å². The van der Waals surface area contributed by atoms with E-state index in [1.54, 1.807) is 0 Å². The van der Waals surface area contributed by atoms with Crippen LogP contribution in [0.2, 0.25) is 0 Å². The highest BCUT2D eigenvalue weighted by Crippen LogP contribution is 2.23. The number of nitrogens with one attached hydrogen (secondary N) is 1. The number of halogens is 3. The van der Waals surface area contributed by atoms with Crippen molar-refractivity contribution >= 4 is 0 Å². The highest BCUT2D eigenvalue weighted by molar-refractivity contribution is 4.77. The summed E-state index contributed by atoms with van der Waals surface area (Å²) < 4.78 is 41.2. The van der Waals surface area contributed by atoms with E-state index < -0.39 is 12.6 Å². The van der Waals surface area contributed by atoms with Crippen molar-refractivity contribution in [1.29, 1.82) is 0 Å². The molecule has 0 aromatic rings. The Morgan fingerprint density at radius 2 is 1.82 bits per heavy atom. The molecule has 102 valence electrons. The molecule has 0 heterocycles. The third kappa shape index (κ3) is 6.88. The van der Waals surface area contributed by atoms with Crippen molar-refractivity contribution in [3.05, 3.63) is 0 Å². The van der Waals surface area contributed by atoms with Crippen molar-refractivity contribution in [3.63, 3.8) is 0 Å². The highest BCUT2D eigenvalue weighted by atomic mass is 19.4. The molecule has 1 aliphatic carbocycles. The van der Waals surface area contributed by atoms with Crippen LogP contribution in [-0.4, -0.2) is 31.5 Å². The van der Waals surface area contributed by atoms with Crippen LogP contribution in [0.25, 0.3) is 0 Å². The Labute approximate surface area is 101 Å². The molecule has 1 saturated carbocycles. The van der Waals surface area contributed by atoms with Gasteiger partial charge in [-0.3, -0.25) is 0 Å². The van der Waals surface area contributed by atoms with E-state index in [0.717, 1.165) is 32.2 Å². The number of rotatable bonds is 6. The lowest BCUT2D eigenvalue weighted by molar-refractivity contribution is -0.139. The van der Waals surface area contributed by atoms with Gasteiger partial charge in [0.05, 0.1) is 6.10 Å². The van der Waals surface area contributed by atoms with E-state index in [-0.39, 0.29) is 19.1 Å². The molecule has 1 aliphatic rings. The second-order valence-corrected chi connectivity index (χ2v) is 4.62. The molecule has 0 radical (unpaired) electrons. The van der Waals surface area contributed by atoms with E-state index in [1.807, 2.05) is 0 Å². The molecule has 2 nitrogen and oxygen atoms in total. The zero-order valence-corrected chi connectivity index (χ0v) is 10.4.